The highest BCUT2D eigenvalue weighted by Gasteiger charge is 2.38. The number of aliphatic hydroxyl groups is 1. The number of hydrogen-bond donors (Lipinski definition) is 3. The molecule has 0 aliphatic carbocycles. The maximum absolute atomic E-state index is 11.7. The van der Waals surface area contributed by atoms with Crippen molar-refractivity contribution in [2.45, 2.75) is 30.9 Å². The van der Waals surface area contributed by atoms with Gasteiger partial charge in [-0.05, 0) is 15.9 Å². The molecule has 0 aromatic carbocycles. The fourth-order valence-electron chi connectivity index (χ4n) is 2.00. The van der Waals surface area contributed by atoms with Crippen molar-refractivity contribution in [3.05, 3.63) is 44.2 Å². The molecule has 1 fully saturated rings. The number of ether oxygens (including phenoxy) is 1. The molecule has 1 aromatic rings. The first-order valence-corrected chi connectivity index (χ1v) is 6.46. The van der Waals surface area contributed by atoms with E-state index in [0.29, 0.717) is 0 Å². The number of aliphatic hydroxyl groups excluding tert-OH is 1. The van der Waals surface area contributed by atoms with E-state index in [9.17, 15) is 14.7 Å². The predicted molar refractivity (Wildman–Crippen MR) is 71.7 cm³/mol. The van der Waals surface area contributed by atoms with E-state index in [-0.39, 0.29) is 10.9 Å². The van der Waals surface area contributed by atoms with Crippen molar-refractivity contribution >= 4 is 15.9 Å². The second kappa shape index (κ2) is 5.41. The van der Waals surface area contributed by atoms with Crippen LogP contribution in [0.15, 0.2) is 32.9 Å². The molecule has 7 nitrogen and oxygen atoms in total. The summed E-state index contributed by atoms with van der Waals surface area (Å²) >= 11 is 3.04. The largest absolute Gasteiger partial charge is 0.390 e. The molecular weight excluding hydrogens is 318 g/mol. The summed E-state index contributed by atoms with van der Waals surface area (Å²) in [4.78, 5) is 25.1. The first-order valence-electron chi connectivity index (χ1n) is 5.66. The highest BCUT2D eigenvalue weighted by atomic mass is 79.9. The van der Waals surface area contributed by atoms with Gasteiger partial charge in [-0.3, -0.25) is 14.3 Å². The summed E-state index contributed by atoms with van der Waals surface area (Å²) in [5.74, 6) is 0. The number of nitrogens with one attached hydrogen (secondary N) is 1. The molecule has 4 N–H and O–H groups in total. The minimum Gasteiger partial charge on any atom is -0.390 e. The molecule has 0 radical (unpaired) electrons. The summed E-state index contributed by atoms with van der Waals surface area (Å²) in [7, 11) is 0. The van der Waals surface area contributed by atoms with E-state index in [0.717, 1.165) is 0 Å². The lowest BCUT2D eigenvalue weighted by Crippen LogP contribution is -2.39. The van der Waals surface area contributed by atoms with Gasteiger partial charge in [-0.2, -0.15) is 0 Å². The van der Waals surface area contributed by atoms with E-state index in [1.165, 1.54) is 16.8 Å². The van der Waals surface area contributed by atoms with Gasteiger partial charge in [-0.15, -0.1) is 6.58 Å². The highest BCUT2D eigenvalue weighted by Crippen LogP contribution is 2.29. The molecule has 1 saturated heterocycles. The molecular formula is C11H14BrN3O4. The van der Waals surface area contributed by atoms with Gasteiger partial charge in [0.2, 0.25) is 0 Å². The molecule has 0 spiro atoms. The van der Waals surface area contributed by atoms with E-state index in [4.69, 9.17) is 10.5 Å². The maximum atomic E-state index is 11.7. The minimum absolute atomic E-state index is 0.210. The summed E-state index contributed by atoms with van der Waals surface area (Å²) in [5.41, 5.74) is 4.63. The third-order valence-electron chi connectivity index (χ3n) is 3.02. The van der Waals surface area contributed by atoms with Gasteiger partial charge in [0.05, 0.1) is 16.6 Å². The number of hydrogen-bond acceptors (Lipinski definition) is 5. The van der Waals surface area contributed by atoms with E-state index < -0.39 is 35.7 Å². The van der Waals surface area contributed by atoms with E-state index >= 15 is 0 Å². The highest BCUT2D eigenvalue weighted by molar-refractivity contribution is 9.10. The summed E-state index contributed by atoms with van der Waals surface area (Å²) < 4.78 is 6.98. The van der Waals surface area contributed by atoms with Gasteiger partial charge < -0.3 is 15.6 Å². The molecule has 104 valence electrons. The Morgan fingerprint density at radius 1 is 1.68 bits per heavy atom. The van der Waals surface area contributed by atoms with E-state index in [2.05, 4.69) is 27.5 Å². The molecule has 8 heteroatoms. The van der Waals surface area contributed by atoms with E-state index in [1.807, 2.05) is 0 Å². The third kappa shape index (κ3) is 2.71. The number of aromatic nitrogens is 2. The molecule has 4 atom stereocenters. The monoisotopic (exact) mass is 331 g/mol. The Hall–Kier alpha value is -1.22. The SMILES string of the molecule is C=CC(N)[C@H]1O[C@@H](n2cc(Br)c(=O)[nH]c2=O)C[C@@H]1O. The van der Waals surface area contributed by atoms with Gasteiger partial charge in [-0.25, -0.2) is 4.79 Å². The van der Waals surface area contributed by atoms with Gasteiger partial charge >= 0.3 is 5.69 Å². The number of nitrogens with zero attached hydrogens (tertiary/aromatic N) is 1. The Balaban J connectivity index is 2.30. The Labute approximate surface area is 116 Å². The molecule has 2 heterocycles. The Bertz CT molecular complexity index is 596. The second-order valence-corrected chi connectivity index (χ2v) is 5.17. The number of halogens is 1. The Kier molecular flexibility index (Phi) is 4.04. The van der Waals surface area contributed by atoms with Crippen molar-refractivity contribution in [2.75, 3.05) is 0 Å². The molecule has 19 heavy (non-hydrogen) atoms. The summed E-state index contributed by atoms with van der Waals surface area (Å²) in [6, 6.07) is -0.526. The maximum Gasteiger partial charge on any atom is 0.330 e. The topological polar surface area (TPSA) is 110 Å². The number of nitrogens with two attached hydrogens (primary N) is 1. The first kappa shape index (κ1) is 14.2. The van der Waals surface area contributed by atoms with Crippen LogP contribution >= 0.6 is 15.9 Å². The third-order valence-corrected chi connectivity index (χ3v) is 3.59. The van der Waals surface area contributed by atoms with Gasteiger partial charge in [0.15, 0.2) is 0 Å². The van der Waals surface area contributed by atoms with Crippen LogP contribution in [0.3, 0.4) is 0 Å². The standard InChI is InChI=1S/C11H14BrN3O4/c1-2-6(13)9-7(16)3-8(19-9)15-4-5(12)10(17)14-11(15)18/h2,4,6-9,16H,1,3,13H2,(H,14,17,18)/t6?,7-,8+,9+/m0/s1. The van der Waals surface area contributed by atoms with Crippen LogP contribution in [0, 0.1) is 0 Å². The minimum atomic E-state index is -0.796. The molecule has 1 aromatic heterocycles. The van der Waals surface area contributed by atoms with Crippen molar-refractivity contribution in [3.8, 4) is 0 Å². The molecule has 0 amide bonds. The average molecular weight is 332 g/mol. The van der Waals surface area contributed by atoms with Crippen molar-refractivity contribution < 1.29 is 9.84 Å². The lowest BCUT2D eigenvalue weighted by atomic mass is 10.1. The predicted octanol–water partition coefficient (Wildman–Crippen LogP) is -0.539. The summed E-state index contributed by atoms with van der Waals surface area (Å²) in [6.07, 6.45) is 0.926. The zero-order valence-corrected chi connectivity index (χ0v) is 11.5. The quantitative estimate of drug-likeness (QED) is 0.644. The van der Waals surface area contributed by atoms with Crippen molar-refractivity contribution in [2.24, 2.45) is 5.73 Å². The van der Waals surface area contributed by atoms with Crippen LogP contribution in [-0.2, 0) is 4.74 Å². The van der Waals surface area contributed by atoms with Crippen molar-refractivity contribution in [3.63, 3.8) is 0 Å². The van der Waals surface area contributed by atoms with Crippen LogP contribution in [-0.4, -0.2) is 32.9 Å². The van der Waals surface area contributed by atoms with Gasteiger partial charge in [0.1, 0.15) is 12.3 Å². The Morgan fingerprint density at radius 3 is 3.00 bits per heavy atom. The molecule has 0 saturated carbocycles. The van der Waals surface area contributed by atoms with Crippen LogP contribution in [0.4, 0.5) is 0 Å². The fraction of sp³-hybridized carbons (Fsp3) is 0.455. The van der Waals surface area contributed by atoms with Gasteiger partial charge in [-0.1, -0.05) is 6.08 Å². The molecule has 1 aliphatic rings. The molecule has 0 bridgehead atoms. The van der Waals surface area contributed by atoms with Crippen LogP contribution in [0.5, 0.6) is 0 Å². The average Bonchev–Trinajstić information content (AvgIpc) is 2.75. The first-order chi connectivity index (χ1) is 8.93. The van der Waals surface area contributed by atoms with Crippen LogP contribution < -0.4 is 17.0 Å². The van der Waals surface area contributed by atoms with Gasteiger partial charge in [0, 0.05) is 12.6 Å². The van der Waals surface area contributed by atoms with Crippen LogP contribution in [0.2, 0.25) is 0 Å². The lowest BCUT2D eigenvalue weighted by molar-refractivity contribution is -0.0258. The zero-order valence-electron chi connectivity index (χ0n) is 9.95. The van der Waals surface area contributed by atoms with Gasteiger partial charge in [0.25, 0.3) is 5.56 Å². The number of rotatable bonds is 3. The normalized spacial score (nSPS) is 28.3. The summed E-state index contributed by atoms with van der Waals surface area (Å²) in [5, 5.41) is 9.89. The Morgan fingerprint density at radius 2 is 2.37 bits per heavy atom. The van der Waals surface area contributed by atoms with Crippen molar-refractivity contribution in [1.29, 1.82) is 0 Å². The molecule has 2 rings (SSSR count). The van der Waals surface area contributed by atoms with Crippen LogP contribution in [0.25, 0.3) is 0 Å². The molecule has 1 unspecified atom stereocenters. The second-order valence-electron chi connectivity index (χ2n) is 4.32. The number of H-pyrrole nitrogens is 1. The van der Waals surface area contributed by atoms with E-state index in [1.54, 1.807) is 0 Å². The fourth-order valence-corrected chi connectivity index (χ4v) is 2.32. The lowest BCUT2D eigenvalue weighted by Gasteiger charge is -2.19. The van der Waals surface area contributed by atoms with Crippen molar-refractivity contribution in [1.82, 2.24) is 9.55 Å². The smallest absolute Gasteiger partial charge is 0.330 e. The molecule has 1 aliphatic heterocycles. The number of aromatic amines is 1. The zero-order chi connectivity index (χ0) is 14.2. The summed E-state index contributed by atoms with van der Waals surface area (Å²) in [6.45, 7) is 3.54. The van der Waals surface area contributed by atoms with Crippen LogP contribution in [0.1, 0.15) is 12.6 Å².